The molecule has 0 spiro atoms. The van der Waals surface area contributed by atoms with Crippen LogP contribution < -0.4 is 5.32 Å². The first-order valence-electron chi connectivity index (χ1n) is 4.50. The van der Waals surface area contributed by atoms with E-state index in [-0.39, 0.29) is 0 Å². The van der Waals surface area contributed by atoms with Crippen LogP contribution in [0.3, 0.4) is 0 Å². The number of nitrogens with one attached hydrogen (secondary N) is 1. The van der Waals surface area contributed by atoms with Gasteiger partial charge in [0.1, 0.15) is 0 Å². The van der Waals surface area contributed by atoms with E-state index in [1.807, 2.05) is 7.05 Å². The van der Waals surface area contributed by atoms with Gasteiger partial charge in [-0.15, -0.1) is 12.3 Å². The molecule has 0 amide bonds. The molecule has 11 heavy (non-hydrogen) atoms. The third-order valence-electron chi connectivity index (χ3n) is 1.75. The van der Waals surface area contributed by atoms with E-state index in [0.717, 1.165) is 13.0 Å². The highest BCUT2D eigenvalue weighted by atomic mass is 14.8. The molecule has 0 aromatic rings. The highest BCUT2D eigenvalue weighted by molar-refractivity contribution is 4.82. The van der Waals surface area contributed by atoms with Crippen molar-refractivity contribution in [1.82, 2.24) is 5.32 Å². The molecule has 0 saturated heterocycles. The van der Waals surface area contributed by atoms with Crippen molar-refractivity contribution in [3.8, 4) is 12.3 Å². The summed E-state index contributed by atoms with van der Waals surface area (Å²) >= 11 is 0. The Hall–Kier alpha value is -0.480. The van der Waals surface area contributed by atoms with Crippen LogP contribution >= 0.6 is 0 Å². The zero-order chi connectivity index (χ0) is 8.36. The van der Waals surface area contributed by atoms with Crippen LogP contribution in [0.15, 0.2) is 0 Å². The van der Waals surface area contributed by atoms with Crippen LogP contribution in [0.1, 0.15) is 38.5 Å². The molecular formula is C10H19N. The monoisotopic (exact) mass is 153 g/mol. The predicted molar refractivity (Wildman–Crippen MR) is 50.5 cm³/mol. The molecule has 0 rings (SSSR count). The van der Waals surface area contributed by atoms with Crippen molar-refractivity contribution in [3.05, 3.63) is 0 Å². The number of terminal acetylenes is 1. The summed E-state index contributed by atoms with van der Waals surface area (Å²) in [4.78, 5) is 0. The Balaban J connectivity index is 2.75. The standard InChI is InChI=1S/C10H19N/c1-3-4-5-6-7-8-9-10-11-2/h1,11H,4-10H2,2H3. The predicted octanol–water partition coefficient (Wildman–Crippen LogP) is 2.18. The molecule has 0 bridgehead atoms. The molecule has 0 atom stereocenters. The van der Waals surface area contributed by atoms with Crippen LogP contribution in [0, 0.1) is 12.3 Å². The second-order valence-electron chi connectivity index (χ2n) is 2.83. The second kappa shape index (κ2) is 9.52. The molecule has 0 aliphatic rings. The highest BCUT2D eigenvalue weighted by Crippen LogP contribution is 2.03. The third kappa shape index (κ3) is 9.52. The summed E-state index contributed by atoms with van der Waals surface area (Å²) in [5.41, 5.74) is 0. The smallest absolute Gasteiger partial charge is 0.00860 e. The van der Waals surface area contributed by atoms with Crippen LogP contribution in [0.5, 0.6) is 0 Å². The number of hydrogen-bond donors (Lipinski definition) is 1. The fourth-order valence-corrected chi connectivity index (χ4v) is 1.06. The van der Waals surface area contributed by atoms with Gasteiger partial charge in [0.15, 0.2) is 0 Å². The Morgan fingerprint density at radius 3 is 2.36 bits per heavy atom. The summed E-state index contributed by atoms with van der Waals surface area (Å²) in [6, 6.07) is 0. The van der Waals surface area contributed by atoms with Crippen LogP contribution in [-0.4, -0.2) is 13.6 Å². The molecule has 0 heterocycles. The summed E-state index contributed by atoms with van der Waals surface area (Å²) in [7, 11) is 2.00. The molecule has 64 valence electrons. The van der Waals surface area contributed by atoms with E-state index >= 15 is 0 Å². The maximum Gasteiger partial charge on any atom is 0.00860 e. The van der Waals surface area contributed by atoms with E-state index in [2.05, 4.69) is 11.2 Å². The van der Waals surface area contributed by atoms with E-state index in [1.54, 1.807) is 0 Å². The maximum atomic E-state index is 5.13. The molecule has 0 aliphatic carbocycles. The van der Waals surface area contributed by atoms with Gasteiger partial charge in [0.05, 0.1) is 0 Å². The van der Waals surface area contributed by atoms with Gasteiger partial charge in [-0.3, -0.25) is 0 Å². The van der Waals surface area contributed by atoms with Gasteiger partial charge in [0.25, 0.3) is 0 Å². The summed E-state index contributed by atoms with van der Waals surface area (Å²) in [6.07, 6.45) is 12.6. The molecule has 0 aromatic carbocycles. The van der Waals surface area contributed by atoms with E-state index in [9.17, 15) is 0 Å². The van der Waals surface area contributed by atoms with Crippen molar-refractivity contribution in [2.24, 2.45) is 0 Å². The molecule has 0 radical (unpaired) electrons. The van der Waals surface area contributed by atoms with Crippen LogP contribution in [0.2, 0.25) is 0 Å². The minimum Gasteiger partial charge on any atom is -0.320 e. The van der Waals surface area contributed by atoms with Crippen molar-refractivity contribution < 1.29 is 0 Å². The molecule has 0 saturated carbocycles. The summed E-state index contributed by atoms with van der Waals surface area (Å²) < 4.78 is 0. The molecular weight excluding hydrogens is 134 g/mol. The lowest BCUT2D eigenvalue weighted by Gasteiger charge is -1.98. The Morgan fingerprint density at radius 2 is 1.73 bits per heavy atom. The zero-order valence-corrected chi connectivity index (χ0v) is 7.53. The first-order chi connectivity index (χ1) is 5.41. The molecule has 0 fully saturated rings. The fourth-order valence-electron chi connectivity index (χ4n) is 1.06. The van der Waals surface area contributed by atoms with Gasteiger partial charge in [-0.2, -0.15) is 0 Å². The van der Waals surface area contributed by atoms with E-state index in [4.69, 9.17) is 6.42 Å². The van der Waals surface area contributed by atoms with Gasteiger partial charge in [-0.05, 0) is 26.4 Å². The lowest BCUT2D eigenvalue weighted by molar-refractivity contribution is 0.602. The van der Waals surface area contributed by atoms with Gasteiger partial charge in [0.2, 0.25) is 0 Å². The molecule has 1 nitrogen and oxygen atoms in total. The second-order valence-corrected chi connectivity index (χ2v) is 2.83. The molecule has 0 aliphatic heterocycles. The fraction of sp³-hybridized carbons (Fsp3) is 0.800. The first kappa shape index (κ1) is 10.5. The quantitative estimate of drug-likeness (QED) is 0.436. The topological polar surface area (TPSA) is 12.0 Å². The van der Waals surface area contributed by atoms with E-state index in [1.165, 1.54) is 32.1 Å². The average molecular weight is 153 g/mol. The van der Waals surface area contributed by atoms with Crippen molar-refractivity contribution in [3.63, 3.8) is 0 Å². The van der Waals surface area contributed by atoms with Crippen LogP contribution in [0.4, 0.5) is 0 Å². The van der Waals surface area contributed by atoms with Gasteiger partial charge in [0, 0.05) is 6.42 Å². The Labute approximate surface area is 70.6 Å². The average Bonchev–Trinajstić information content (AvgIpc) is 2.03. The number of unbranched alkanes of at least 4 members (excludes halogenated alkanes) is 5. The molecule has 0 aromatic heterocycles. The first-order valence-corrected chi connectivity index (χ1v) is 4.50. The largest absolute Gasteiger partial charge is 0.320 e. The molecule has 1 N–H and O–H groups in total. The Bertz CT molecular complexity index is 102. The molecule has 0 unspecified atom stereocenters. The lowest BCUT2D eigenvalue weighted by Crippen LogP contribution is -2.06. The van der Waals surface area contributed by atoms with Crippen LogP contribution in [-0.2, 0) is 0 Å². The van der Waals surface area contributed by atoms with Gasteiger partial charge >= 0.3 is 0 Å². The highest BCUT2D eigenvalue weighted by Gasteiger charge is 1.88. The van der Waals surface area contributed by atoms with E-state index in [0.29, 0.717) is 0 Å². The van der Waals surface area contributed by atoms with Gasteiger partial charge < -0.3 is 5.32 Å². The summed E-state index contributed by atoms with van der Waals surface area (Å²) in [6.45, 7) is 1.15. The van der Waals surface area contributed by atoms with Gasteiger partial charge in [-0.1, -0.05) is 19.3 Å². The minimum atomic E-state index is 0.950. The normalized spacial score (nSPS) is 9.45. The third-order valence-corrected chi connectivity index (χ3v) is 1.75. The molecule has 1 heteroatoms. The van der Waals surface area contributed by atoms with Gasteiger partial charge in [-0.25, -0.2) is 0 Å². The van der Waals surface area contributed by atoms with Crippen molar-refractivity contribution in [1.29, 1.82) is 0 Å². The number of rotatable bonds is 7. The van der Waals surface area contributed by atoms with E-state index < -0.39 is 0 Å². The van der Waals surface area contributed by atoms with Crippen molar-refractivity contribution in [2.75, 3.05) is 13.6 Å². The van der Waals surface area contributed by atoms with Crippen LogP contribution in [0.25, 0.3) is 0 Å². The Morgan fingerprint density at radius 1 is 1.09 bits per heavy atom. The number of hydrogen-bond acceptors (Lipinski definition) is 1. The maximum absolute atomic E-state index is 5.13. The van der Waals surface area contributed by atoms with Crippen molar-refractivity contribution in [2.45, 2.75) is 38.5 Å². The van der Waals surface area contributed by atoms with Crippen molar-refractivity contribution >= 4 is 0 Å². The SMILES string of the molecule is C#CCCCCCCCNC. The lowest BCUT2D eigenvalue weighted by atomic mass is 10.1. The minimum absolute atomic E-state index is 0.950. The Kier molecular flexibility index (Phi) is 9.10. The summed E-state index contributed by atoms with van der Waals surface area (Å²) in [5.74, 6) is 2.66. The summed E-state index contributed by atoms with van der Waals surface area (Å²) in [5, 5.41) is 3.14. The zero-order valence-electron chi connectivity index (χ0n) is 7.53.